The van der Waals surface area contributed by atoms with E-state index in [2.05, 4.69) is 20.9 Å². The molecule has 0 bridgehead atoms. The highest BCUT2D eigenvalue weighted by Gasteiger charge is 2.21. The first-order valence-electron chi connectivity index (χ1n) is 10.3. The maximum absolute atomic E-state index is 12.7. The quantitative estimate of drug-likeness (QED) is 0.312. The average Bonchev–Trinajstić information content (AvgIpc) is 3.39. The lowest BCUT2D eigenvalue weighted by atomic mass is 10.1. The maximum Gasteiger partial charge on any atom is 0.358 e. The summed E-state index contributed by atoms with van der Waals surface area (Å²) in [5.74, 6) is -0.452. The number of para-hydroxylation sites is 1. The number of imidazole rings is 1. The van der Waals surface area contributed by atoms with E-state index < -0.39 is 5.97 Å². The number of hydrogen-bond donors (Lipinski definition) is 0. The second-order valence-corrected chi connectivity index (χ2v) is 8.91. The maximum atomic E-state index is 12.7. The van der Waals surface area contributed by atoms with Crippen molar-refractivity contribution < 1.29 is 14.3 Å². The molecule has 2 aromatic heterocycles. The number of aromatic nitrogens is 3. The molecular formula is C24H21BrN4O3S. The van der Waals surface area contributed by atoms with Crippen molar-refractivity contribution in [2.45, 2.75) is 20.4 Å². The highest BCUT2D eigenvalue weighted by molar-refractivity contribution is 9.10. The van der Waals surface area contributed by atoms with E-state index >= 15 is 0 Å². The molecule has 168 valence electrons. The fourth-order valence-corrected chi connectivity index (χ4v) is 4.52. The lowest BCUT2D eigenvalue weighted by molar-refractivity contribution is -0.117. The van der Waals surface area contributed by atoms with Crippen LogP contribution in [0.2, 0.25) is 0 Å². The Morgan fingerprint density at radius 3 is 2.52 bits per heavy atom. The van der Waals surface area contributed by atoms with Crippen LogP contribution in [-0.4, -0.2) is 32.5 Å². The van der Waals surface area contributed by atoms with Gasteiger partial charge in [-0.15, -0.1) is 11.3 Å². The Kier molecular flexibility index (Phi) is 7.00. The predicted octanol–water partition coefficient (Wildman–Crippen LogP) is 5.16. The van der Waals surface area contributed by atoms with Crippen molar-refractivity contribution in [1.82, 2.24) is 14.1 Å². The number of halogens is 1. The first-order chi connectivity index (χ1) is 16.0. The molecule has 0 amide bonds. The van der Waals surface area contributed by atoms with E-state index in [1.807, 2.05) is 64.5 Å². The van der Waals surface area contributed by atoms with Gasteiger partial charge in [0.15, 0.2) is 16.3 Å². The molecule has 0 N–H and O–H groups in total. The van der Waals surface area contributed by atoms with Crippen molar-refractivity contribution in [1.29, 1.82) is 0 Å². The number of thiazole rings is 1. The van der Waals surface area contributed by atoms with E-state index in [1.165, 1.54) is 29.2 Å². The summed E-state index contributed by atoms with van der Waals surface area (Å²) in [6.07, 6.45) is 1.45. The average molecular weight is 525 g/mol. The summed E-state index contributed by atoms with van der Waals surface area (Å²) in [6.45, 7) is 3.41. The summed E-state index contributed by atoms with van der Waals surface area (Å²) in [5, 5.41) is 2.02. The Labute approximate surface area is 203 Å². The minimum absolute atomic E-state index is 0.0178. The van der Waals surface area contributed by atoms with Crippen molar-refractivity contribution >= 4 is 44.8 Å². The third-order valence-corrected chi connectivity index (χ3v) is 6.10. The van der Waals surface area contributed by atoms with E-state index in [4.69, 9.17) is 9.73 Å². The van der Waals surface area contributed by atoms with E-state index in [1.54, 1.807) is 6.92 Å². The number of hydrogen-bond acceptors (Lipinski definition) is 6. The van der Waals surface area contributed by atoms with Crippen LogP contribution in [0.4, 0.5) is 5.82 Å². The fourth-order valence-electron chi connectivity index (χ4n) is 3.35. The van der Waals surface area contributed by atoms with Crippen LogP contribution >= 0.6 is 27.3 Å². The first-order valence-corrected chi connectivity index (χ1v) is 11.9. The molecule has 33 heavy (non-hydrogen) atoms. The number of ketones is 1. The molecule has 0 saturated carbocycles. The molecule has 7 nitrogen and oxygen atoms in total. The van der Waals surface area contributed by atoms with Crippen molar-refractivity contribution in [3.05, 3.63) is 81.3 Å². The molecule has 4 rings (SSSR count). The molecular weight excluding hydrogens is 504 g/mol. The number of rotatable bonds is 7. The summed E-state index contributed by atoms with van der Waals surface area (Å²) in [5.41, 5.74) is 3.06. The van der Waals surface area contributed by atoms with Crippen LogP contribution in [0.1, 0.15) is 24.3 Å². The minimum atomic E-state index is -0.564. The number of carbonyl (C=O) groups is 2. The van der Waals surface area contributed by atoms with Crippen LogP contribution in [0, 0.1) is 0 Å². The van der Waals surface area contributed by atoms with Gasteiger partial charge < -0.3 is 9.30 Å². The molecule has 0 atom stereocenters. The van der Waals surface area contributed by atoms with Gasteiger partial charge in [-0.3, -0.25) is 9.36 Å². The molecule has 0 spiro atoms. The standard InChI is InChI=1S/C24H21BrN4O3S/c1-3-32-23(31)21-22(26-15-28(21)13-16(2)30)27-24-29(19-7-5-4-6-8-19)20(14-33-24)17-9-11-18(25)12-10-17/h4-12,14-15H,3,13H2,1-2H3. The van der Waals surface area contributed by atoms with Crippen molar-refractivity contribution in [3.63, 3.8) is 0 Å². The lowest BCUT2D eigenvalue weighted by Crippen LogP contribution is -2.16. The van der Waals surface area contributed by atoms with Crippen molar-refractivity contribution in [2.75, 3.05) is 6.61 Å². The summed E-state index contributed by atoms with van der Waals surface area (Å²) in [7, 11) is 0. The number of benzene rings is 2. The van der Waals surface area contributed by atoms with Gasteiger partial charge >= 0.3 is 5.97 Å². The zero-order chi connectivity index (χ0) is 23.4. The largest absolute Gasteiger partial charge is 0.461 e. The van der Waals surface area contributed by atoms with Crippen molar-refractivity contribution in [3.8, 4) is 16.9 Å². The van der Waals surface area contributed by atoms with E-state index in [0.29, 0.717) is 4.80 Å². The molecule has 2 heterocycles. The summed E-state index contributed by atoms with van der Waals surface area (Å²) in [6, 6.07) is 17.9. The molecule has 0 unspecified atom stereocenters. The van der Waals surface area contributed by atoms with Gasteiger partial charge in [0.2, 0.25) is 0 Å². The van der Waals surface area contributed by atoms with E-state index in [9.17, 15) is 9.59 Å². The topological polar surface area (TPSA) is 78.5 Å². The molecule has 0 fully saturated rings. The SMILES string of the molecule is CCOC(=O)c1c(N=c2scc(-c3ccc(Br)cc3)n2-c2ccccc2)ncn1CC(C)=O. The Bertz CT molecular complexity index is 1350. The number of nitrogens with zero attached hydrogens (tertiary/aromatic N) is 4. The second kappa shape index (κ2) is 10.1. The van der Waals surface area contributed by atoms with Gasteiger partial charge in [0.05, 0.1) is 25.2 Å². The molecule has 0 aliphatic rings. The number of esters is 1. The van der Waals surface area contributed by atoms with Crippen LogP contribution in [0.15, 0.2) is 75.8 Å². The monoisotopic (exact) mass is 524 g/mol. The van der Waals surface area contributed by atoms with Gasteiger partial charge in [-0.1, -0.05) is 46.3 Å². The van der Waals surface area contributed by atoms with Gasteiger partial charge in [-0.2, -0.15) is 4.99 Å². The van der Waals surface area contributed by atoms with Gasteiger partial charge in [0.25, 0.3) is 0 Å². The zero-order valence-corrected chi connectivity index (χ0v) is 20.5. The predicted molar refractivity (Wildman–Crippen MR) is 131 cm³/mol. The first kappa shape index (κ1) is 22.9. The molecule has 2 aromatic carbocycles. The Balaban J connectivity index is 1.92. The lowest BCUT2D eigenvalue weighted by Gasteiger charge is -2.09. The smallest absolute Gasteiger partial charge is 0.358 e. The third-order valence-electron chi connectivity index (χ3n) is 4.74. The number of Topliss-reactive ketones (excluding diaryl/α,β-unsaturated/α-hetero) is 1. The molecule has 0 saturated heterocycles. The van der Waals surface area contributed by atoms with Gasteiger partial charge in [0, 0.05) is 15.5 Å². The van der Waals surface area contributed by atoms with Crippen LogP contribution in [-0.2, 0) is 16.1 Å². The van der Waals surface area contributed by atoms with E-state index in [-0.39, 0.29) is 30.4 Å². The summed E-state index contributed by atoms with van der Waals surface area (Å²) < 4.78 is 9.70. The molecule has 9 heteroatoms. The Morgan fingerprint density at radius 1 is 1.12 bits per heavy atom. The van der Waals surface area contributed by atoms with Crippen LogP contribution in [0.5, 0.6) is 0 Å². The fraction of sp³-hybridized carbons (Fsp3) is 0.167. The molecule has 0 aliphatic carbocycles. The van der Waals surface area contributed by atoms with E-state index in [0.717, 1.165) is 21.4 Å². The summed E-state index contributed by atoms with van der Waals surface area (Å²) >= 11 is 4.92. The minimum Gasteiger partial charge on any atom is -0.461 e. The Hall–Kier alpha value is -3.30. The zero-order valence-electron chi connectivity index (χ0n) is 18.1. The van der Waals surface area contributed by atoms with Gasteiger partial charge in [-0.25, -0.2) is 9.78 Å². The van der Waals surface area contributed by atoms with Gasteiger partial charge in [0.1, 0.15) is 5.78 Å². The van der Waals surface area contributed by atoms with Crippen LogP contribution in [0.25, 0.3) is 16.9 Å². The normalized spacial score (nSPS) is 11.5. The highest BCUT2D eigenvalue weighted by Crippen LogP contribution is 2.26. The molecule has 0 radical (unpaired) electrons. The van der Waals surface area contributed by atoms with Crippen molar-refractivity contribution in [2.24, 2.45) is 4.99 Å². The Morgan fingerprint density at radius 2 is 1.85 bits per heavy atom. The molecule has 0 aliphatic heterocycles. The second-order valence-electron chi connectivity index (χ2n) is 7.16. The van der Waals surface area contributed by atoms with Gasteiger partial charge in [-0.05, 0) is 43.7 Å². The van der Waals surface area contributed by atoms with Crippen LogP contribution in [0.3, 0.4) is 0 Å². The summed E-state index contributed by atoms with van der Waals surface area (Å²) in [4.78, 5) is 34.1. The number of carbonyl (C=O) groups excluding carboxylic acids is 2. The highest BCUT2D eigenvalue weighted by atomic mass is 79.9. The van der Waals surface area contributed by atoms with Crippen LogP contribution < -0.4 is 4.80 Å². The number of ether oxygens (including phenoxy) is 1. The third kappa shape index (κ3) is 5.04. The molecule has 4 aromatic rings.